The van der Waals surface area contributed by atoms with E-state index in [0.717, 1.165) is 5.69 Å². The Morgan fingerprint density at radius 2 is 2.00 bits per heavy atom. The Kier molecular flexibility index (Phi) is 2.99. The molecule has 1 aliphatic carbocycles. The quantitative estimate of drug-likeness (QED) is 0.677. The number of amides is 1. The average molecular weight is 219 g/mol. The summed E-state index contributed by atoms with van der Waals surface area (Å²) in [6.45, 7) is 0. The molecule has 0 aliphatic heterocycles. The van der Waals surface area contributed by atoms with Crippen molar-refractivity contribution in [3.8, 4) is 0 Å². The molecule has 1 aromatic carbocycles. The molecule has 0 heterocycles. The molecule has 1 fully saturated rings. The summed E-state index contributed by atoms with van der Waals surface area (Å²) in [4.78, 5) is 11.1. The van der Waals surface area contributed by atoms with Crippen LogP contribution in [-0.4, -0.2) is 11.9 Å². The zero-order valence-corrected chi connectivity index (χ0v) is 9.20. The van der Waals surface area contributed by atoms with Crippen molar-refractivity contribution in [2.45, 2.75) is 31.7 Å². The van der Waals surface area contributed by atoms with Crippen LogP contribution in [0.25, 0.3) is 0 Å². The van der Waals surface area contributed by atoms with E-state index in [0.29, 0.717) is 17.3 Å². The predicted molar refractivity (Wildman–Crippen MR) is 65.3 cm³/mol. The first-order chi connectivity index (χ1) is 7.66. The fourth-order valence-corrected chi connectivity index (χ4v) is 2.12. The Morgan fingerprint density at radius 1 is 1.31 bits per heavy atom. The van der Waals surface area contributed by atoms with Crippen LogP contribution in [0, 0.1) is 0 Å². The number of benzene rings is 1. The normalized spacial score (nSPS) is 16.2. The molecule has 0 radical (unpaired) electrons. The molecular weight excluding hydrogens is 202 g/mol. The van der Waals surface area contributed by atoms with Gasteiger partial charge in [-0.3, -0.25) is 4.79 Å². The van der Waals surface area contributed by atoms with Crippen molar-refractivity contribution in [3.05, 3.63) is 23.8 Å². The molecule has 0 aromatic heterocycles. The van der Waals surface area contributed by atoms with E-state index in [1.807, 2.05) is 0 Å². The second-order valence-corrected chi connectivity index (χ2v) is 4.29. The van der Waals surface area contributed by atoms with E-state index < -0.39 is 5.91 Å². The number of nitrogen functional groups attached to an aromatic ring is 1. The number of nitrogens with two attached hydrogens (primary N) is 2. The molecule has 4 heteroatoms. The lowest BCUT2D eigenvalue weighted by molar-refractivity contribution is 0.100. The van der Waals surface area contributed by atoms with Crippen LogP contribution in [0.1, 0.15) is 36.0 Å². The first kappa shape index (κ1) is 10.8. The summed E-state index contributed by atoms with van der Waals surface area (Å²) in [5, 5.41) is 3.37. The van der Waals surface area contributed by atoms with Gasteiger partial charge in [-0.25, -0.2) is 0 Å². The van der Waals surface area contributed by atoms with Crippen LogP contribution in [0.3, 0.4) is 0 Å². The third kappa shape index (κ3) is 2.27. The molecule has 1 amide bonds. The Balaban J connectivity index is 2.17. The number of hydrogen-bond acceptors (Lipinski definition) is 3. The van der Waals surface area contributed by atoms with Gasteiger partial charge in [0, 0.05) is 11.6 Å². The second kappa shape index (κ2) is 4.43. The van der Waals surface area contributed by atoms with Crippen LogP contribution in [0.5, 0.6) is 0 Å². The summed E-state index contributed by atoms with van der Waals surface area (Å²) < 4.78 is 0. The Morgan fingerprint density at radius 3 is 2.62 bits per heavy atom. The molecule has 1 aliphatic rings. The van der Waals surface area contributed by atoms with Crippen molar-refractivity contribution in [3.63, 3.8) is 0 Å². The molecule has 2 rings (SSSR count). The highest BCUT2D eigenvalue weighted by molar-refractivity contribution is 5.94. The molecule has 0 bridgehead atoms. The average Bonchev–Trinajstić information content (AvgIpc) is 2.73. The fourth-order valence-electron chi connectivity index (χ4n) is 2.12. The van der Waals surface area contributed by atoms with Gasteiger partial charge in [0.2, 0.25) is 5.91 Å². The Labute approximate surface area is 95.0 Å². The van der Waals surface area contributed by atoms with Gasteiger partial charge in [-0.1, -0.05) is 12.8 Å². The van der Waals surface area contributed by atoms with Gasteiger partial charge in [0.15, 0.2) is 0 Å². The maximum atomic E-state index is 11.1. The molecule has 0 spiro atoms. The number of primary amides is 1. The van der Waals surface area contributed by atoms with Crippen LogP contribution in [0.4, 0.5) is 11.4 Å². The summed E-state index contributed by atoms with van der Waals surface area (Å²) in [5.41, 5.74) is 13.1. The monoisotopic (exact) mass is 219 g/mol. The lowest BCUT2D eigenvalue weighted by atomic mass is 10.1. The largest absolute Gasteiger partial charge is 0.397 e. The molecular formula is C12H17N3O. The zero-order chi connectivity index (χ0) is 11.5. The van der Waals surface area contributed by atoms with E-state index in [1.165, 1.54) is 25.7 Å². The van der Waals surface area contributed by atoms with E-state index in [9.17, 15) is 4.79 Å². The summed E-state index contributed by atoms with van der Waals surface area (Å²) in [6.07, 6.45) is 4.85. The van der Waals surface area contributed by atoms with Crippen molar-refractivity contribution in [1.82, 2.24) is 0 Å². The van der Waals surface area contributed by atoms with E-state index in [2.05, 4.69) is 5.32 Å². The third-order valence-electron chi connectivity index (χ3n) is 3.05. The molecule has 1 saturated carbocycles. The van der Waals surface area contributed by atoms with Gasteiger partial charge in [-0.15, -0.1) is 0 Å². The standard InChI is InChI=1S/C12H17N3O/c13-10-6-5-8(12(14)16)7-11(10)15-9-3-1-2-4-9/h5-7,9,15H,1-4,13H2,(H2,14,16). The fraction of sp³-hybridized carbons (Fsp3) is 0.417. The molecule has 16 heavy (non-hydrogen) atoms. The number of nitrogens with one attached hydrogen (secondary N) is 1. The van der Waals surface area contributed by atoms with E-state index in [-0.39, 0.29) is 0 Å². The van der Waals surface area contributed by atoms with Crippen molar-refractivity contribution < 1.29 is 4.79 Å². The van der Waals surface area contributed by atoms with Crippen LogP contribution in [0.15, 0.2) is 18.2 Å². The van der Waals surface area contributed by atoms with Gasteiger partial charge in [-0.05, 0) is 31.0 Å². The molecule has 4 nitrogen and oxygen atoms in total. The molecule has 5 N–H and O–H groups in total. The number of rotatable bonds is 3. The van der Waals surface area contributed by atoms with Gasteiger partial charge in [0.25, 0.3) is 0 Å². The number of hydrogen-bond donors (Lipinski definition) is 3. The molecule has 0 unspecified atom stereocenters. The maximum absolute atomic E-state index is 11.1. The van der Waals surface area contributed by atoms with Crippen molar-refractivity contribution >= 4 is 17.3 Å². The molecule has 1 aromatic rings. The van der Waals surface area contributed by atoms with Gasteiger partial charge in [0.05, 0.1) is 11.4 Å². The second-order valence-electron chi connectivity index (χ2n) is 4.29. The van der Waals surface area contributed by atoms with Gasteiger partial charge >= 0.3 is 0 Å². The number of carbonyl (C=O) groups excluding carboxylic acids is 1. The van der Waals surface area contributed by atoms with Gasteiger partial charge in [-0.2, -0.15) is 0 Å². The van der Waals surface area contributed by atoms with Gasteiger partial charge in [0.1, 0.15) is 0 Å². The summed E-state index contributed by atoms with van der Waals surface area (Å²) >= 11 is 0. The first-order valence-electron chi connectivity index (χ1n) is 5.62. The smallest absolute Gasteiger partial charge is 0.248 e. The van der Waals surface area contributed by atoms with Crippen molar-refractivity contribution in [2.24, 2.45) is 5.73 Å². The van der Waals surface area contributed by atoms with E-state index in [4.69, 9.17) is 11.5 Å². The van der Waals surface area contributed by atoms with E-state index in [1.54, 1.807) is 18.2 Å². The minimum atomic E-state index is -0.422. The highest BCUT2D eigenvalue weighted by Crippen LogP contribution is 2.26. The number of carbonyl (C=O) groups is 1. The maximum Gasteiger partial charge on any atom is 0.248 e. The minimum Gasteiger partial charge on any atom is -0.397 e. The van der Waals surface area contributed by atoms with Crippen LogP contribution >= 0.6 is 0 Å². The SMILES string of the molecule is NC(=O)c1ccc(N)c(NC2CCCC2)c1. The molecule has 0 atom stereocenters. The Bertz CT molecular complexity index is 397. The van der Waals surface area contributed by atoms with Crippen molar-refractivity contribution in [2.75, 3.05) is 11.1 Å². The molecule has 86 valence electrons. The third-order valence-corrected chi connectivity index (χ3v) is 3.05. The lowest BCUT2D eigenvalue weighted by Crippen LogP contribution is -2.17. The van der Waals surface area contributed by atoms with E-state index >= 15 is 0 Å². The topological polar surface area (TPSA) is 81.1 Å². The summed E-state index contributed by atoms with van der Waals surface area (Å²) in [6, 6.07) is 5.58. The number of anilines is 2. The van der Waals surface area contributed by atoms with Crippen LogP contribution in [0.2, 0.25) is 0 Å². The van der Waals surface area contributed by atoms with Crippen molar-refractivity contribution in [1.29, 1.82) is 0 Å². The summed E-state index contributed by atoms with van der Waals surface area (Å²) in [7, 11) is 0. The lowest BCUT2D eigenvalue weighted by Gasteiger charge is -2.15. The van der Waals surface area contributed by atoms with Crippen LogP contribution in [-0.2, 0) is 0 Å². The molecule has 0 saturated heterocycles. The first-order valence-corrected chi connectivity index (χ1v) is 5.62. The zero-order valence-electron chi connectivity index (χ0n) is 9.20. The highest BCUT2D eigenvalue weighted by atomic mass is 16.1. The van der Waals surface area contributed by atoms with Crippen LogP contribution < -0.4 is 16.8 Å². The Hall–Kier alpha value is -1.71. The van der Waals surface area contributed by atoms with Gasteiger partial charge < -0.3 is 16.8 Å². The summed E-state index contributed by atoms with van der Waals surface area (Å²) in [5.74, 6) is -0.422. The predicted octanol–water partition coefficient (Wildman–Crippen LogP) is 1.72. The minimum absolute atomic E-state index is 0.422. The highest BCUT2D eigenvalue weighted by Gasteiger charge is 2.16.